The number of nitrogens with zero attached hydrogens (tertiary/aromatic N) is 1. The third-order valence-corrected chi connectivity index (χ3v) is 14.0. The Hall–Kier alpha value is -4.43. The maximum Gasteiger partial charge on any atom is 0.246 e. The summed E-state index contributed by atoms with van der Waals surface area (Å²) in [5.74, 6) is -3.36. The Labute approximate surface area is 324 Å². The predicted molar refractivity (Wildman–Crippen MR) is 209 cm³/mol. The summed E-state index contributed by atoms with van der Waals surface area (Å²) >= 11 is 11.4. The molecule has 1 heterocycles. The third-order valence-electron chi connectivity index (χ3n) is 8.66. The van der Waals surface area contributed by atoms with Crippen molar-refractivity contribution < 1.29 is 35.2 Å². The molecule has 4 aromatic carbocycles. The molecule has 9 nitrogen and oxygen atoms in total. The number of anilines is 2. The van der Waals surface area contributed by atoms with Gasteiger partial charge in [-0.2, -0.15) is 0 Å². The molecule has 0 saturated heterocycles. The number of fused-ring (bicyclic) bond motifs is 1. The van der Waals surface area contributed by atoms with E-state index in [0.717, 1.165) is 40.6 Å². The van der Waals surface area contributed by atoms with Gasteiger partial charge in [-0.15, -0.1) is 0 Å². The molecule has 54 heavy (non-hydrogen) atoms. The lowest BCUT2D eigenvalue weighted by Crippen LogP contribution is -2.44. The van der Waals surface area contributed by atoms with E-state index in [-0.39, 0.29) is 21.3 Å². The summed E-state index contributed by atoms with van der Waals surface area (Å²) in [4.78, 5) is 28.4. The zero-order chi connectivity index (χ0) is 40.4. The van der Waals surface area contributed by atoms with Crippen LogP contribution in [0.25, 0.3) is 10.8 Å². The zero-order valence-corrected chi connectivity index (χ0v) is 33.6. The number of aromatic nitrogens is 1. The first-order chi connectivity index (χ1) is 24.9. The molecule has 15 heteroatoms. The molecule has 0 fully saturated rings. The molecule has 0 bridgehead atoms. The number of pyridine rings is 1. The quantitative estimate of drug-likeness (QED) is 0.159. The number of amides is 2. The molecule has 0 aliphatic heterocycles. The topological polar surface area (TPSA) is 139 Å². The Morgan fingerprint density at radius 3 is 1.57 bits per heavy atom. The van der Waals surface area contributed by atoms with E-state index in [9.17, 15) is 35.2 Å². The Bertz CT molecular complexity index is 2470. The van der Waals surface area contributed by atoms with Crippen LogP contribution in [0.2, 0.25) is 10.0 Å². The minimum atomic E-state index is -4.32. The molecule has 0 saturated carbocycles. The van der Waals surface area contributed by atoms with Crippen molar-refractivity contribution in [1.29, 1.82) is 0 Å². The van der Waals surface area contributed by atoms with Gasteiger partial charge in [0.25, 0.3) is 0 Å². The predicted octanol–water partition coefficient (Wildman–Crippen LogP) is 9.19. The van der Waals surface area contributed by atoms with Crippen molar-refractivity contribution in [3.8, 4) is 0 Å². The fourth-order valence-electron chi connectivity index (χ4n) is 4.94. The molecule has 0 aliphatic carbocycles. The molecule has 5 rings (SSSR count). The standard InChI is InChI=1S/C20H23ClFNO3S.C19H16ClFN2O3S/c1-19(2,3)13-7-6-8-15(11-13)23-18(24)20(4,5)27(25,26)17-10-9-14(21)12-16(17)22;1-19(2,27(25,26)16-8-7-14(20)10-15(16)21)18(24)23-17-9-12-5-3-4-6-13(12)11-22-17/h6-12H,1-5H3,(H,23,24);3-11H,1-2H3,(H,22,23,24). The summed E-state index contributed by atoms with van der Waals surface area (Å²) in [5, 5.41) is 7.00. The maximum absolute atomic E-state index is 14.2. The average Bonchev–Trinajstić information content (AvgIpc) is 3.07. The first-order valence-electron chi connectivity index (χ1n) is 16.4. The van der Waals surface area contributed by atoms with Crippen LogP contribution in [0.5, 0.6) is 0 Å². The van der Waals surface area contributed by atoms with E-state index in [0.29, 0.717) is 5.69 Å². The van der Waals surface area contributed by atoms with Crippen molar-refractivity contribution in [3.63, 3.8) is 0 Å². The lowest BCUT2D eigenvalue weighted by molar-refractivity contribution is -0.118. The largest absolute Gasteiger partial charge is 0.325 e. The van der Waals surface area contributed by atoms with Gasteiger partial charge in [-0.25, -0.2) is 30.6 Å². The Morgan fingerprint density at radius 1 is 0.611 bits per heavy atom. The summed E-state index contributed by atoms with van der Waals surface area (Å²) in [6.45, 7) is 11.0. The minimum absolute atomic E-state index is 0.0640. The molecule has 0 unspecified atom stereocenters. The van der Waals surface area contributed by atoms with Crippen molar-refractivity contribution in [1.82, 2.24) is 4.98 Å². The smallest absolute Gasteiger partial charge is 0.246 e. The second kappa shape index (κ2) is 15.7. The van der Waals surface area contributed by atoms with E-state index >= 15 is 0 Å². The summed E-state index contributed by atoms with van der Waals surface area (Å²) in [6, 6.07) is 22.7. The van der Waals surface area contributed by atoms with Gasteiger partial charge in [0.15, 0.2) is 19.7 Å². The Balaban J connectivity index is 0.000000241. The highest BCUT2D eigenvalue weighted by Crippen LogP contribution is 2.32. The number of carbonyl (C=O) groups is 2. The van der Waals surface area contributed by atoms with Crippen LogP contribution in [0.1, 0.15) is 54.0 Å². The van der Waals surface area contributed by atoms with E-state index in [2.05, 4.69) is 15.6 Å². The molecular formula is C39H39Cl2F2N3O6S2. The molecule has 0 radical (unpaired) electrons. The summed E-state index contributed by atoms with van der Waals surface area (Å²) < 4.78 is 76.0. The van der Waals surface area contributed by atoms with Crippen LogP contribution in [-0.2, 0) is 34.7 Å². The summed E-state index contributed by atoms with van der Waals surface area (Å²) in [7, 11) is -8.61. The number of sulfone groups is 2. The number of carbonyl (C=O) groups excluding carboxylic acids is 2. The minimum Gasteiger partial charge on any atom is -0.325 e. The van der Waals surface area contributed by atoms with Crippen molar-refractivity contribution in [2.24, 2.45) is 0 Å². The van der Waals surface area contributed by atoms with Gasteiger partial charge in [0.1, 0.15) is 36.7 Å². The van der Waals surface area contributed by atoms with Crippen LogP contribution in [0.4, 0.5) is 20.3 Å². The lowest BCUT2D eigenvalue weighted by Gasteiger charge is -2.25. The van der Waals surface area contributed by atoms with Gasteiger partial charge in [0.05, 0.1) is 0 Å². The number of hydrogen-bond acceptors (Lipinski definition) is 7. The second-order valence-electron chi connectivity index (χ2n) is 14.3. The second-order valence-corrected chi connectivity index (χ2v) is 20.1. The van der Waals surface area contributed by atoms with Gasteiger partial charge >= 0.3 is 0 Å². The molecule has 2 amide bonds. The van der Waals surface area contributed by atoms with Gasteiger partial charge in [-0.1, -0.05) is 80.4 Å². The zero-order valence-electron chi connectivity index (χ0n) is 30.5. The molecular weight excluding hydrogens is 779 g/mol. The van der Waals surface area contributed by atoms with Crippen molar-refractivity contribution in [2.75, 3.05) is 10.6 Å². The van der Waals surface area contributed by atoms with Crippen molar-refractivity contribution in [3.05, 3.63) is 124 Å². The van der Waals surface area contributed by atoms with Gasteiger partial charge < -0.3 is 10.6 Å². The van der Waals surface area contributed by atoms with Crippen LogP contribution < -0.4 is 10.6 Å². The average molecular weight is 819 g/mol. The monoisotopic (exact) mass is 817 g/mol. The first kappa shape index (κ1) is 42.3. The maximum atomic E-state index is 14.2. The molecule has 1 aromatic heterocycles. The molecule has 0 spiro atoms. The fourth-order valence-corrected chi connectivity index (χ4v) is 8.08. The fraction of sp³-hybridized carbons (Fsp3) is 0.256. The van der Waals surface area contributed by atoms with Crippen LogP contribution in [-0.4, -0.2) is 43.1 Å². The van der Waals surface area contributed by atoms with Gasteiger partial charge in [0.2, 0.25) is 11.8 Å². The van der Waals surface area contributed by atoms with E-state index in [1.54, 1.807) is 30.5 Å². The molecule has 0 atom stereocenters. The summed E-state index contributed by atoms with van der Waals surface area (Å²) in [5.41, 5.74) is 1.34. The highest BCUT2D eigenvalue weighted by atomic mass is 35.5. The lowest BCUT2D eigenvalue weighted by atomic mass is 9.87. The molecule has 5 aromatic rings. The third kappa shape index (κ3) is 8.92. The Morgan fingerprint density at radius 2 is 1.09 bits per heavy atom. The van der Waals surface area contributed by atoms with E-state index in [1.165, 1.54) is 39.8 Å². The van der Waals surface area contributed by atoms with E-state index in [1.807, 2.05) is 51.1 Å². The highest BCUT2D eigenvalue weighted by molar-refractivity contribution is 7.94. The van der Waals surface area contributed by atoms with E-state index < -0.39 is 62.4 Å². The highest BCUT2D eigenvalue weighted by Gasteiger charge is 2.45. The summed E-state index contributed by atoms with van der Waals surface area (Å²) in [6.07, 6.45) is 1.57. The number of hydrogen-bond donors (Lipinski definition) is 2. The van der Waals surface area contributed by atoms with Crippen molar-refractivity contribution >= 4 is 77.0 Å². The molecule has 0 aliphatic rings. The van der Waals surface area contributed by atoms with Crippen LogP contribution in [0, 0.1) is 11.6 Å². The normalized spacial score (nSPS) is 12.4. The first-order valence-corrected chi connectivity index (χ1v) is 20.1. The number of nitrogens with one attached hydrogen (secondary N) is 2. The van der Waals surface area contributed by atoms with Crippen LogP contribution >= 0.6 is 23.2 Å². The Kier molecular flexibility index (Phi) is 12.3. The number of benzene rings is 4. The number of halogens is 4. The van der Waals surface area contributed by atoms with Gasteiger partial charge in [-0.3, -0.25) is 9.59 Å². The molecule has 2 N–H and O–H groups in total. The van der Waals surface area contributed by atoms with Crippen LogP contribution in [0.15, 0.2) is 107 Å². The van der Waals surface area contributed by atoms with Gasteiger partial charge in [-0.05, 0) is 98.7 Å². The van der Waals surface area contributed by atoms with Crippen LogP contribution in [0.3, 0.4) is 0 Å². The van der Waals surface area contributed by atoms with Crippen molar-refractivity contribution in [2.45, 2.75) is 73.2 Å². The molecule has 286 valence electrons. The van der Waals surface area contributed by atoms with Gasteiger partial charge in [0, 0.05) is 27.3 Å². The van der Waals surface area contributed by atoms with E-state index in [4.69, 9.17) is 23.2 Å². The SMILES string of the molecule is CC(C)(C(=O)Nc1cc2ccccc2cn1)S(=O)(=O)c1ccc(Cl)cc1F.CC(C)(C)c1cccc(NC(=O)C(C)(C)S(=O)(=O)c2ccc(Cl)cc2F)c1. The number of rotatable bonds is 8.